The van der Waals surface area contributed by atoms with Crippen LogP contribution in [0.4, 0.5) is 0 Å². The first kappa shape index (κ1) is 9.67. The zero-order chi connectivity index (χ0) is 9.84. The van der Waals surface area contributed by atoms with Crippen LogP contribution in [-0.2, 0) is 6.42 Å². The van der Waals surface area contributed by atoms with Crippen molar-refractivity contribution in [3.63, 3.8) is 0 Å². The van der Waals surface area contributed by atoms with Crippen LogP contribution in [0.3, 0.4) is 0 Å². The molecular weight excluding hydrogens is 168 g/mol. The summed E-state index contributed by atoms with van der Waals surface area (Å²) in [6.45, 7) is 1.65. The molecule has 0 saturated carbocycles. The zero-order valence-electron chi connectivity index (χ0n) is 7.40. The van der Waals surface area contributed by atoms with E-state index in [1.165, 1.54) is 6.20 Å². The summed E-state index contributed by atoms with van der Waals surface area (Å²) in [4.78, 5) is 14.8. The van der Waals surface area contributed by atoms with Gasteiger partial charge in [0.05, 0.1) is 6.10 Å². The lowest BCUT2D eigenvalue weighted by atomic mass is 10.0. The molecule has 0 radical (unpaired) electrons. The van der Waals surface area contributed by atoms with Crippen molar-refractivity contribution >= 4 is 5.91 Å². The summed E-state index contributed by atoms with van der Waals surface area (Å²) in [7, 11) is 0. The summed E-state index contributed by atoms with van der Waals surface area (Å²) in [5.74, 6) is -0.488. The molecule has 4 nitrogen and oxygen atoms in total. The number of primary amides is 1. The second-order valence-corrected chi connectivity index (χ2v) is 2.95. The van der Waals surface area contributed by atoms with Crippen LogP contribution in [0.1, 0.15) is 22.8 Å². The number of carbonyl (C=O) groups excluding carboxylic acids is 1. The molecular formula is C9H12N2O2. The molecule has 0 aromatic carbocycles. The van der Waals surface area contributed by atoms with Crippen molar-refractivity contribution in [3.8, 4) is 0 Å². The summed E-state index contributed by atoms with van der Waals surface area (Å²) in [6.07, 6.45) is 2.95. The lowest BCUT2D eigenvalue weighted by Crippen LogP contribution is -2.16. The number of aromatic nitrogens is 1. The molecule has 4 heteroatoms. The molecule has 0 aliphatic carbocycles. The minimum Gasteiger partial charge on any atom is -0.393 e. The van der Waals surface area contributed by atoms with E-state index < -0.39 is 12.0 Å². The maximum atomic E-state index is 10.9. The monoisotopic (exact) mass is 180 g/mol. The molecule has 0 fully saturated rings. The van der Waals surface area contributed by atoms with Crippen molar-refractivity contribution in [1.29, 1.82) is 0 Å². The van der Waals surface area contributed by atoms with E-state index in [0.29, 0.717) is 17.5 Å². The van der Waals surface area contributed by atoms with Crippen LogP contribution in [0, 0.1) is 0 Å². The number of aliphatic hydroxyl groups excluding tert-OH is 1. The molecule has 1 atom stereocenters. The summed E-state index contributed by atoms with van der Waals surface area (Å²) in [5.41, 5.74) is 6.25. The van der Waals surface area contributed by atoms with Crippen molar-refractivity contribution in [2.75, 3.05) is 0 Å². The molecule has 3 N–H and O–H groups in total. The van der Waals surface area contributed by atoms with Gasteiger partial charge in [0, 0.05) is 24.4 Å². The van der Waals surface area contributed by atoms with Crippen LogP contribution in [0.15, 0.2) is 18.5 Å². The smallest absolute Gasteiger partial charge is 0.249 e. The van der Waals surface area contributed by atoms with Gasteiger partial charge in [0.2, 0.25) is 5.91 Å². The average Bonchev–Trinajstić information content (AvgIpc) is 2.03. The number of pyridine rings is 1. The summed E-state index contributed by atoms with van der Waals surface area (Å²) in [5, 5.41) is 9.13. The van der Waals surface area contributed by atoms with Gasteiger partial charge >= 0.3 is 0 Å². The summed E-state index contributed by atoms with van der Waals surface area (Å²) >= 11 is 0. The lowest BCUT2D eigenvalue weighted by Gasteiger charge is -2.06. The standard InChI is InChI=1S/C9H12N2O2/c1-6(12)4-7-5-11-3-2-8(7)9(10)13/h2-3,5-6,12H,4H2,1H3,(H2,10,13). The molecule has 0 spiro atoms. The van der Waals surface area contributed by atoms with E-state index >= 15 is 0 Å². The minimum absolute atomic E-state index is 0.395. The second-order valence-electron chi connectivity index (χ2n) is 2.95. The third kappa shape index (κ3) is 2.52. The Kier molecular flexibility index (Phi) is 2.97. The molecule has 1 amide bonds. The molecule has 1 aromatic rings. The third-order valence-electron chi connectivity index (χ3n) is 1.68. The van der Waals surface area contributed by atoms with Gasteiger partial charge in [-0.15, -0.1) is 0 Å². The van der Waals surface area contributed by atoms with Crippen LogP contribution in [-0.4, -0.2) is 22.1 Å². The second kappa shape index (κ2) is 4.00. The Morgan fingerprint density at radius 3 is 3.00 bits per heavy atom. The Labute approximate surface area is 76.4 Å². The molecule has 1 unspecified atom stereocenters. The fourth-order valence-corrected chi connectivity index (χ4v) is 1.15. The maximum absolute atomic E-state index is 10.9. The highest BCUT2D eigenvalue weighted by Crippen LogP contribution is 2.08. The largest absolute Gasteiger partial charge is 0.393 e. The highest BCUT2D eigenvalue weighted by Gasteiger charge is 2.09. The molecule has 0 saturated heterocycles. The molecule has 70 valence electrons. The van der Waals surface area contributed by atoms with Crippen molar-refractivity contribution in [2.24, 2.45) is 5.73 Å². The highest BCUT2D eigenvalue weighted by atomic mass is 16.3. The fourth-order valence-electron chi connectivity index (χ4n) is 1.15. The van der Waals surface area contributed by atoms with E-state index in [-0.39, 0.29) is 0 Å². The van der Waals surface area contributed by atoms with Gasteiger partial charge in [-0.05, 0) is 18.6 Å². The first-order valence-electron chi connectivity index (χ1n) is 4.02. The van der Waals surface area contributed by atoms with E-state index in [1.807, 2.05) is 0 Å². The molecule has 1 heterocycles. The SMILES string of the molecule is CC(O)Cc1cnccc1C(N)=O. The van der Waals surface area contributed by atoms with E-state index in [9.17, 15) is 4.79 Å². The Balaban J connectivity index is 2.98. The molecule has 13 heavy (non-hydrogen) atoms. The number of rotatable bonds is 3. The van der Waals surface area contributed by atoms with Gasteiger partial charge in [-0.25, -0.2) is 0 Å². The number of carbonyl (C=O) groups is 1. The topological polar surface area (TPSA) is 76.2 Å². The van der Waals surface area contributed by atoms with Crippen LogP contribution >= 0.6 is 0 Å². The van der Waals surface area contributed by atoms with Crippen molar-refractivity contribution in [2.45, 2.75) is 19.4 Å². The number of amides is 1. The van der Waals surface area contributed by atoms with Crippen molar-refractivity contribution < 1.29 is 9.90 Å². The van der Waals surface area contributed by atoms with E-state index in [2.05, 4.69) is 4.98 Å². The predicted molar refractivity (Wildman–Crippen MR) is 48.1 cm³/mol. The Hall–Kier alpha value is -1.42. The van der Waals surface area contributed by atoms with Gasteiger partial charge in [0.15, 0.2) is 0 Å². The molecule has 0 aliphatic heterocycles. The lowest BCUT2D eigenvalue weighted by molar-refractivity contribution is 0.0998. The van der Waals surface area contributed by atoms with Crippen molar-refractivity contribution in [1.82, 2.24) is 4.98 Å². The van der Waals surface area contributed by atoms with E-state index in [0.717, 1.165) is 0 Å². The van der Waals surface area contributed by atoms with Gasteiger partial charge in [0.25, 0.3) is 0 Å². The van der Waals surface area contributed by atoms with Gasteiger partial charge in [0.1, 0.15) is 0 Å². The number of aliphatic hydroxyl groups is 1. The number of hydrogen-bond acceptors (Lipinski definition) is 3. The number of nitrogens with zero attached hydrogens (tertiary/aromatic N) is 1. The van der Waals surface area contributed by atoms with Gasteiger partial charge in [-0.3, -0.25) is 9.78 Å². The van der Waals surface area contributed by atoms with E-state index in [4.69, 9.17) is 10.8 Å². The van der Waals surface area contributed by atoms with Crippen LogP contribution in [0.5, 0.6) is 0 Å². The molecule has 1 rings (SSSR count). The van der Waals surface area contributed by atoms with Crippen molar-refractivity contribution in [3.05, 3.63) is 29.6 Å². The quantitative estimate of drug-likeness (QED) is 0.692. The summed E-state index contributed by atoms with van der Waals surface area (Å²) < 4.78 is 0. The summed E-state index contributed by atoms with van der Waals surface area (Å²) in [6, 6.07) is 1.56. The minimum atomic E-state index is -0.498. The molecule has 1 aromatic heterocycles. The average molecular weight is 180 g/mol. The third-order valence-corrected chi connectivity index (χ3v) is 1.68. The van der Waals surface area contributed by atoms with Gasteiger partial charge in [-0.1, -0.05) is 0 Å². The fraction of sp³-hybridized carbons (Fsp3) is 0.333. The predicted octanol–water partition coefficient (Wildman–Crippen LogP) is 0.104. The van der Waals surface area contributed by atoms with Crippen LogP contribution in [0.2, 0.25) is 0 Å². The Morgan fingerprint density at radius 2 is 2.46 bits per heavy atom. The molecule has 0 aliphatic rings. The van der Waals surface area contributed by atoms with Gasteiger partial charge in [-0.2, -0.15) is 0 Å². The van der Waals surface area contributed by atoms with Crippen LogP contribution in [0.25, 0.3) is 0 Å². The molecule has 0 bridgehead atoms. The normalized spacial score (nSPS) is 12.5. The number of hydrogen-bond donors (Lipinski definition) is 2. The number of nitrogens with two attached hydrogens (primary N) is 1. The van der Waals surface area contributed by atoms with E-state index in [1.54, 1.807) is 19.2 Å². The Morgan fingerprint density at radius 1 is 1.77 bits per heavy atom. The van der Waals surface area contributed by atoms with Gasteiger partial charge < -0.3 is 10.8 Å². The first-order chi connectivity index (χ1) is 6.11. The maximum Gasteiger partial charge on any atom is 0.249 e. The highest BCUT2D eigenvalue weighted by molar-refractivity contribution is 5.94. The van der Waals surface area contributed by atoms with Crippen LogP contribution < -0.4 is 5.73 Å². The Bertz CT molecular complexity index is 310. The first-order valence-corrected chi connectivity index (χ1v) is 4.02. The zero-order valence-corrected chi connectivity index (χ0v) is 7.40.